The van der Waals surface area contributed by atoms with E-state index in [1.54, 1.807) is 0 Å². The van der Waals surface area contributed by atoms with E-state index in [2.05, 4.69) is 6.58 Å². The lowest BCUT2D eigenvalue weighted by Crippen LogP contribution is -2.61. The lowest BCUT2D eigenvalue weighted by atomic mass is 9.98. The van der Waals surface area contributed by atoms with Crippen molar-refractivity contribution in [2.24, 2.45) is 0 Å². The molecule has 4 rings (SSSR count). The van der Waals surface area contributed by atoms with E-state index >= 15 is 0 Å². The van der Waals surface area contributed by atoms with Gasteiger partial charge in [0.1, 0.15) is 24.4 Å². The van der Waals surface area contributed by atoms with Crippen molar-refractivity contribution in [1.82, 2.24) is 0 Å². The van der Waals surface area contributed by atoms with Gasteiger partial charge in [0.15, 0.2) is 6.29 Å². The summed E-state index contributed by atoms with van der Waals surface area (Å²) < 4.78 is 30.8. The molecule has 0 radical (unpaired) electrons. The maximum absolute atomic E-state index is 11.3. The van der Waals surface area contributed by atoms with Crippen LogP contribution in [-0.4, -0.2) is 49.0 Å². The predicted molar refractivity (Wildman–Crippen MR) is 142 cm³/mol. The zero-order valence-electron chi connectivity index (χ0n) is 21.3. The maximum Gasteiger partial charge on any atom is 0.187 e. The molecule has 0 amide bonds. The van der Waals surface area contributed by atoms with Crippen LogP contribution >= 0.6 is 0 Å². The average molecular weight is 505 g/mol. The third kappa shape index (κ3) is 8.33. The van der Waals surface area contributed by atoms with Gasteiger partial charge in [0.05, 0.1) is 33.0 Å². The summed E-state index contributed by atoms with van der Waals surface area (Å²) in [6, 6.07) is 29.7. The van der Waals surface area contributed by atoms with Crippen LogP contribution in [0.25, 0.3) is 0 Å². The van der Waals surface area contributed by atoms with Gasteiger partial charge in [-0.2, -0.15) is 0 Å². The Hall–Kier alpha value is -2.84. The quantitative estimate of drug-likeness (QED) is 0.329. The van der Waals surface area contributed by atoms with E-state index in [0.717, 1.165) is 22.3 Å². The fourth-order valence-electron chi connectivity index (χ4n) is 4.18. The number of aliphatic hydroxyl groups is 1. The van der Waals surface area contributed by atoms with Gasteiger partial charge >= 0.3 is 0 Å². The highest BCUT2D eigenvalue weighted by atomic mass is 16.7. The van der Waals surface area contributed by atoms with E-state index in [1.165, 1.54) is 0 Å². The summed E-state index contributed by atoms with van der Waals surface area (Å²) in [4.78, 5) is 0. The lowest BCUT2D eigenvalue weighted by Gasteiger charge is -2.44. The van der Waals surface area contributed by atoms with Crippen molar-refractivity contribution in [3.8, 4) is 0 Å². The zero-order chi connectivity index (χ0) is 25.9. The number of ether oxygens (including phenoxy) is 5. The molecule has 1 aliphatic heterocycles. The molecule has 0 bridgehead atoms. The largest absolute Gasteiger partial charge is 0.385 e. The fourth-order valence-corrected chi connectivity index (χ4v) is 4.18. The van der Waals surface area contributed by atoms with Crippen LogP contribution < -0.4 is 0 Å². The fraction of sp³-hybridized carbons (Fsp3) is 0.355. The first-order valence-electron chi connectivity index (χ1n) is 12.6. The van der Waals surface area contributed by atoms with Crippen LogP contribution in [0.1, 0.15) is 23.6 Å². The molecule has 0 unspecified atom stereocenters. The minimum Gasteiger partial charge on any atom is -0.385 e. The Bertz CT molecular complexity index is 1060. The molecule has 3 aromatic carbocycles. The van der Waals surface area contributed by atoms with E-state index in [9.17, 15) is 5.11 Å². The van der Waals surface area contributed by atoms with Crippen molar-refractivity contribution in [2.45, 2.75) is 57.5 Å². The standard InChI is InChI=1S/C31H36O6/c1-23(2)18-36-31-28(32)30(35-21-26-16-10-5-11-17-26)29(34-20-25-14-8-4-9-15-25)27(37-31)22-33-19-24-12-6-3-7-13-24/h3-17,27-32H,1,18-22H2,2H3/t27-,28-,29-,30-,31-/m1/s1. The number of hydrogen-bond acceptors (Lipinski definition) is 6. The molecule has 1 fully saturated rings. The first-order chi connectivity index (χ1) is 18.1. The predicted octanol–water partition coefficient (Wildman–Crippen LogP) is 5.05. The van der Waals surface area contributed by atoms with Gasteiger partial charge in [0, 0.05) is 0 Å². The number of aliphatic hydroxyl groups excluding tert-OH is 1. The van der Waals surface area contributed by atoms with Gasteiger partial charge < -0.3 is 28.8 Å². The summed E-state index contributed by atoms with van der Waals surface area (Å²) in [6.07, 6.45) is -3.77. The molecule has 0 spiro atoms. The molecule has 37 heavy (non-hydrogen) atoms. The molecule has 6 heteroatoms. The van der Waals surface area contributed by atoms with Crippen molar-refractivity contribution in [3.63, 3.8) is 0 Å². The van der Waals surface area contributed by atoms with E-state index < -0.39 is 30.7 Å². The molecule has 0 aliphatic carbocycles. The molecule has 1 heterocycles. The van der Waals surface area contributed by atoms with Crippen LogP contribution in [0.2, 0.25) is 0 Å². The Morgan fingerprint density at radius 1 is 0.730 bits per heavy atom. The maximum atomic E-state index is 11.3. The van der Waals surface area contributed by atoms with Gasteiger partial charge in [-0.15, -0.1) is 0 Å². The van der Waals surface area contributed by atoms with Gasteiger partial charge in [-0.1, -0.05) is 103 Å². The number of benzene rings is 3. The van der Waals surface area contributed by atoms with Crippen molar-refractivity contribution in [2.75, 3.05) is 13.2 Å². The topological polar surface area (TPSA) is 66.4 Å². The molecular weight excluding hydrogens is 468 g/mol. The van der Waals surface area contributed by atoms with E-state index in [4.69, 9.17) is 23.7 Å². The van der Waals surface area contributed by atoms with Crippen LogP contribution in [0.5, 0.6) is 0 Å². The van der Waals surface area contributed by atoms with Crippen molar-refractivity contribution in [3.05, 3.63) is 120 Å². The van der Waals surface area contributed by atoms with Crippen LogP contribution in [0, 0.1) is 0 Å². The second-order valence-corrected chi connectivity index (χ2v) is 9.32. The molecule has 6 nitrogen and oxygen atoms in total. The van der Waals surface area contributed by atoms with Crippen LogP contribution in [0.3, 0.4) is 0 Å². The summed E-state index contributed by atoms with van der Waals surface area (Å²) in [7, 11) is 0. The Labute approximate surface area is 219 Å². The van der Waals surface area contributed by atoms with E-state index in [0.29, 0.717) is 19.8 Å². The molecule has 1 N–H and O–H groups in total. The van der Waals surface area contributed by atoms with Gasteiger partial charge in [-0.3, -0.25) is 0 Å². The van der Waals surface area contributed by atoms with E-state index in [1.807, 2.05) is 97.9 Å². The van der Waals surface area contributed by atoms with Gasteiger partial charge in [-0.25, -0.2) is 0 Å². The molecule has 196 valence electrons. The molecule has 5 atom stereocenters. The second kappa shape index (κ2) is 14.2. The smallest absolute Gasteiger partial charge is 0.187 e. The molecule has 0 saturated carbocycles. The highest BCUT2D eigenvalue weighted by molar-refractivity contribution is 5.15. The summed E-state index contributed by atoms with van der Waals surface area (Å²) >= 11 is 0. The van der Waals surface area contributed by atoms with Crippen LogP contribution in [0.4, 0.5) is 0 Å². The first-order valence-corrected chi connectivity index (χ1v) is 12.6. The van der Waals surface area contributed by atoms with Crippen molar-refractivity contribution < 1.29 is 28.8 Å². The Balaban J connectivity index is 1.52. The van der Waals surface area contributed by atoms with Crippen molar-refractivity contribution >= 4 is 0 Å². The number of rotatable bonds is 13. The Morgan fingerprint density at radius 3 is 1.73 bits per heavy atom. The normalized spacial score (nSPS) is 23.6. The monoisotopic (exact) mass is 504 g/mol. The van der Waals surface area contributed by atoms with Gasteiger partial charge in [-0.05, 0) is 23.6 Å². The molecular formula is C31H36O6. The summed E-state index contributed by atoms with van der Waals surface area (Å²) in [6.45, 7) is 7.37. The molecule has 0 aromatic heterocycles. The molecule has 3 aromatic rings. The van der Waals surface area contributed by atoms with Gasteiger partial charge in [0.2, 0.25) is 0 Å². The second-order valence-electron chi connectivity index (χ2n) is 9.32. The minimum atomic E-state index is -1.06. The minimum absolute atomic E-state index is 0.249. The SMILES string of the molecule is C=C(C)CO[C@@H]1O[C@H](COCc2ccccc2)[C@@H](OCc2ccccc2)[C@H](OCc2ccccc2)[C@H]1O. The third-order valence-corrected chi connectivity index (χ3v) is 6.07. The summed E-state index contributed by atoms with van der Waals surface area (Å²) in [5, 5.41) is 11.3. The average Bonchev–Trinajstić information content (AvgIpc) is 2.93. The third-order valence-electron chi connectivity index (χ3n) is 6.07. The summed E-state index contributed by atoms with van der Waals surface area (Å²) in [5.74, 6) is 0. The lowest BCUT2D eigenvalue weighted by molar-refractivity contribution is -0.317. The highest BCUT2D eigenvalue weighted by Crippen LogP contribution is 2.29. The number of hydrogen-bond donors (Lipinski definition) is 1. The zero-order valence-corrected chi connectivity index (χ0v) is 21.3. The molecule has 1 saturated heterocycles. The Morgan fingerprint density at radius 2 is 1.22 bits per heavy atom. The van der Waals surface area contributed by atoms with Gasteiger partial charge in [0.25, 0.3) is 0 Å². The molecule has 1 aliphatic rings. The van der Waals surface area contributed by atoms with Crippen molar-refractivity contribution in [1.29, 1.82) is 0 Å². The van der Waals surface area contributed by atoms with Crippen LogP contribution in [0.15, 0.2) is 103 Å². The van der Waals surface area contributed by atoms with Crippen LogP contribution in [-0.2, 0) is 43.5 Å². The highest BCUT2D eigenvalue weighted by Gasteiger charge is 2.47. The first kappa shape index (κ1) is 27.2. The Kier molecular flexibility index (Phi) is 10.4. The summed E-state index contributed by atoms with van der Waals surface area (Å²) in [5.41, 5.74) is 3.91. The van der Waals surface area contributed by atoms with E-state index in [-0.39, 0.29) is 13.2 Å².